The zero-order chi connectivity index (χ0) is 12.5. The molecular formula is C13H22N2O2. The predicted octanol–water partition coefficient (Wildman–Crippen LogP) is 2.02. The second-order valence-electron chi connectivity index (χ2n) is 4.08. The van der Waals surface area contributed by atoms with E-state index in [4.69, 9.17) is 4.42 Å². The molecule has 0 bridgehead atoms. The molecule has 0 spiro atoms. The van der Waals surface area contributed by atoms with Gasteiger partial charge in [0, 0.05) is 0 Å². The smallest absolute Gasteiger partial charge is 0.234 e. The summed E-state index contributed by atoms with van der Waals surface area (Å²) >= 11 is 0. The van der Waals surface area contributed by atoms with Crippen molar-refractivity contribution in [2.24, 2.45) is 0 Å². The van der Waals surface area contributed by atoms with Gasteiger partial charge < -0.3 is 9.73 Å². The lowest BCUT2D eigenvalue weighted by Gasteiger charge is -2.19. The minimum absolute atomic E-state index is 0.0550. The monoisotopic (exact) mass is 238 g/mol. The van der Waals surface area contributed by atoms with Crippen molar-refractivity contribution in [2.45, 2.75) is 33.2 Å². The fourth-order valence-corrected chi connectivity index (χ4v) is 1.59. The van der Waals surface area contributed by atoms with Gasteiger partial charge in [0.15, 0.2) is 0 Å². The molecule has 0 aromatic carbocycles. The number of carbonyl (C=O) groups excluding carboxylic acids is 1. The molecule has 0 saturated carbocycles. The van der Waals surface area contributed by atoms with E-state index in [0.29, 0.717) is 13.1 Å². The van der Waals surface area contributed by atoms with Crippen LogP contribution in [0, 0.1) is 0 Å². The van der Waals surface area contributed by atoms with Gasteiger partial charge >= 0.3 is 0 Å². The van der Waals surface area contributed by atoms with E-state index >= 15 is 0 Å². The van der Waals surface area contributed by atoms with Crippen LogP contribution in [0.4, 0.5) is 0 Å². The average Bonchev–Trinajstić information content (AvgIpc) is 2.85. The number of rotatable bonds is 8. The molecule has 0 radical (unpaired) electrons. The van der Waals surface area contributed by atoms with Crippen molar-refractivity contribution in [1.82, 2.24) is 10.2 Å². The van der Waals surface area contributed by atoms with Crippen LogP contribution in [0.3, 0.4) is 0 Å². The third-order valence-corrected chi connectivity index (χ3v) is 2.68. The molecule has 0 fully saturated rings. The van der Waals surface area contributed by atoms with Gasteiger partial charge in [-0.2, -0.15) is 0 Å². The Hall–Kier alpha value is -1.29. The summed E-state index contributed by atoms with van der Waals surface area (Å²) in [6, 6.07) is 3.68. The normalized spacial score (nSPS) is 10.8. The van der Waals surface area contributed by atoms with Crippen LogP contribution in [0.25, 0.3) is 0 Å². The van der Waals surface area contributed by atoms with E-state index in [2.05, 4.69) is 24.1 Å². The van der Waals surface area contributed by atoms with Crippen molar-refractivity contribution in [3.05, 3.63) is 24.2 Å². The number of amides is 1. The van der Waals surface area contributed by atoms with E-state index < -0.39 is 0 Å². The number of carbonyl (C=O) groups is 1. The number of likely N-dealkylation sites (N-methyl/N-ethyl adjacent to an activating group) is 1. The van der Waals surface area contributed by atoms with E-state index in [1.807, 2.05) is 12.1 Å². The van der Waals surface area contributed by atoms with Crippen molar-refractivity contribution < 1.29 is 9.21 Å². The molecule has 0 unspecified atom stereocenters. The zero-order valence-electron chi connectivity index (χ0n) is 10.7. The molecule has 17 heavy (non-hydrogen) atoms. The van der Waals surface area contributed by atoms with Crippen LogP contribution in [-0.2, 0) is 11.3 Å². The van der Waals surface area contributed by atoms with Gasteiger partial charge in [-0.25, -0.2) is 0 Å². The SMILES string of the molecule is CCCCN(CC)CC(=O)NCc1ccco1. The van der Waals surface area contributed by atoms with Crippen molar-refractivity contribution in [3.8, 4) is 0 Å². The van der Waals surface area contributed by atoms with Crippen LogP contribution in [0.5, 0.6) is 0 Å². The second kappa shape index (κ2) is 7.90. The molecule has 1 aromatic heterocycles. The van der Waals surface area contributed by atoms with Gasteiger partial charge in [-0.3, -0.25) is 9.69 Å². The van der Waals surface area contributed by atoms with E-state index in [-0.39, 0.29) is 5.91 Å². The van der Waals surface area contributed by atoms with E-state index in [0.717, 1.165) is 31.7 Å². The number of furan rings is 1. The molecule has 1 heterocycles. The highest BCUT2D eigenvalue weighted by Gasteiger charge is 2.08. The van der Waals surface area contributed by atoms with Gasteiger partial charge in [0.05, 0.1) is 19.4 Å². The van der Waals surface area contributed by atoms with E-state index in [9.17, 15) is 4.79 Å². The maximum atomic E-state index is 11.7. The maximum Gasteiger partial charge on any atom is 0.234 e. The molecule has 1 aromatic rings. The first-order chi connectivity index (χ1) is 8.26. The lowest BCUT2D eigenvalue weighted by molar-refractivity contribution is -0.122. The Bertz CT molecular complexity index is 309. The zero-order valence-corrected chi connectivity index (χ0v) is 10.7. The van der Waals surface area contributed by atoms with Gasteiger partial charge in [-0.1, -0.05) is 20.3 Å². The molecule has 96 valence electrons. The molecule has 1 amide bonds. The topological polar surface area (TPSA) is 45.5 Å². The fourth-order valence-electron chi connectivity index (χ4n) is 1.59. The number of unbranched alkanes of at least 4 members (excludes halogenated alkanes) is 1. The summed E-state index contributed by atoms with van der Waals surface area (Å²) in [4.78, 5) is 13.8. The van der Waals surface area contributed by atoms with Gasteiger partial charge in [0.1, 0.15) is 5.76 Å². The Balaban J connectivity index is 2.22. The van der Waals surface area contributed by atoms with Crippen molar-refractivity contribution in [2.75, 3.05) is 19.6 Å². The maximum absolute atomic E-state index is 11.7. The third-order valence-electron chi connectivity index (χ3n) is 2.68. The highest BCUT2D eigenvalue weighted by atomic mass is 16.3. The Morgan fingerprint density at radius 2 is 2.29 bits per heavy atom. The summed E-state index contributed by atoms with van der Waals surface area (Å²) in [5.41, 5.74) is 0. The Kier molecular flexibility index (Phi) is 6.40. The highest BCUT2D eigenvalue weighted by molar-refractivity contribution is 5.77. The first-order valence-electron chi connectivity index (χ1n) is 6.27. The van der Waals surface area contributed by atoms with Gasteiger partial charge in [-0.15, -0.1) is 0 Å². The first-order valence-corrected chi connectivity index (χ1v) is 6.27. The molecular weight excluding hydrogens is 216 g/mol. The Labute approximate surface area is 103 Å². The van der Waals surface area contributed by atoms with E-state index in [1.54, 1.807) is 6.26 Å². The molecule has 4 nitrogen and oxygen atoms in total. The van der Waals surface area contributed by atoms with Crippen LogP contribution in [0.1, 0.15) is 32.4 Å². The summed E-state index contributed by atoms with van der Waals surface area (Å²) < 4.78 is 5.15. The van der Waals surface area contributed by atoms with Crippen molar-refractivity contribution >= 4 is 5.91 Å². The summed E-state index contributed by atoms with van der Waals surface area (Å²) in [5.74, 6) is 0.842. The third kappa shape index (κ3) is 5.54. The summed E-state index contributed by atoms with van der Waals surface area (Å²) in [6.45, 7) is 7.07. The number of hydrogen-bond acceptors (Lipinski definition) is 3. The van der Waals surface area contributed by atoms with E-state index in [1.165, 1.54) is 0 Å². The molecule has 4 heteroatoms. The predicted molar refractivity (Wildman–Crippen MR) is 67.6 cm³/mol. The minimum atomic E-state index is 0.0550. The number of hydrogen-bond donors (Lipinski definition) is 1. The summed E-state index contributed by atoms with van der Waals surface area (Å²) in [5, 5.41) is 2.85. The van der Waals surface area contributed by atoms with Crippen LogP contribution >= 0.6 is 0 Å². The van der Waals surface area contributed by atoms with Crippen molar-refractivity contribution in [1.29, 1.82) is 0 Å². The number of nitrogens with one attached hydrogen (secondary N) is 1. The lowest BCUT2D eigenvalue weighted by Crippen LogP contribution is -2.37. The Morgan fingerprint density at radius 1 is 1.47 bits per heavy atom. The quantitative estimate of drug-likeness (QED) is 0.753. The Morgan fingerprint density at radius 3 is 2.88 bits per heavy atom. The molecule has 0 aliphatic heterocycles. The second-order valence-corrected chi connectivity index (χ2v) is 4.08. The van der Waals surface area contributed by atoms with Gasteiger partial charge in [0.25, 0.3) is 0 Å². The molecule has 0 atom stereocenters. The van der Waals surface area contributed by atoms with Gasteiger partial charge in [0.2, 0.25) is 5.91 Å². The largest absolute Gasteiger partial charge is 0.467 e. The van der Waals surface area contributed by atoms with Gasteiger partial charge in [-0.05, 0) is 31.6 Å². The van der Waals surface area contributed by atoms with Crippen LogP contribution in [0.2, 0.25) is 0 Å². The standard InChI is InChI=1S/C13H22N2O2/c1-3-5-8-15(4-2)11-13(16)14-10-12-7-6-9-17-12/h6-7,9H,3-5,8,10-11H2,1-2H3,(H,14,16). The minimum Gasteiger partial charge on any atom is -0.467 e. The average molecular weight is 238 g/mol. The highest BCUT2D eigenvalue weighted by Crippen LogP contribution is 1.99. The van der Waals surface area contributed by atoms with Crippen molar-refractivity contribution in [3.63, 3.8) is 0 Å². The lowest BCUT2D eigenvalue weighted by atomic mass is 10.3. The molecule has 0 aliphatic carbocycles. The first kappa shape index (κ1) is 13.8. The molecule has 1 N–H and O–H groups in total. The molecule has 1 rings (SSSR count). The molecule has 0 aliphatic rings. The molecule has 0 saturated heterocycles. The van der Waals surface area contributed by atoms with Crippen LogP contribution in [-0.4, -0.2) is 30.4 Å². The fraction of sp³-hybridized carbons (Fsp3) is 0.615. The van der Waals surface area contributed by atoms with Crippen LogP contribution < -0.4 is 5.32 Å². The summed E-state index contributed by atoms with van der Waals surface area (Å²) in [6.07, 6.45) is 3.91. The summed E-state index contributed by atoms with van der Waals surface area (Å²) in [7, 11) is 0. The van der Waals surface area contributed by atoms with Crippen LogP contribution in [0.15, 0.2) is 22.8 Å². The number of nitrogens with zero attached hydrogens (tertiary/aromatic N) is 1.